The highest BCUT2D eigenvalue weighted by atomic mass is 32.1. The molecule has 0 aliphatic heterocycles. The maximum atomic E-state index is 11.9. The SMILES string of the molecule is COC(=O)CNC(=O)Cc1sc(C)nc1-c1ccc(C)cc1. The summed E-state index contributed by atoms with van der Waals surface area (Å²) in [5.41, 5.74) is 2.99. The van der Waals surface area contributed by atoms with Gasteiger partial charge in [-0.3, -0.25) is 9.59 Å². The van der Waals surface area contributed by atoms with Gasteiger partial charge in [-0.25, -0.2) is 4.98 Å². The molecule has 0 atom stereocenters. The monoisotopic (exact) mass is 318 g/mol. The first-order valence-corrected chi connectivity index (χ1v) is 7.68. The van der Waals surface area contributed by atoms with Gasteiger partial charge in [-0.05, 0) is 13.8 Å². The van der Waals surface area contributed by atoms with Gasteiger partial charge in [-0.15, -0.1) is 11.3 Å². The number of aryl methyl sites for hydroxylation is 2. The minimum atomic E-state index is -0.465. The normalized spacial score (nSPS) is 10.3. The molecule has 1 amide bonds. The molecule has 0 aliphatic carbocycles. The number of methoxy groups -OCH3 is 1. The highest BCUT2D eigenvalue weighted by molar-refractivity contribution is 7.12. The molecule has 0 saturated heterocycles. The van der Waals surface area contributed by atoms with Crippen molar-refractivity contribution < 1.29 is 14.3 Å². The smallest absolute Gasteiger partial charge is 0.325 e. The maximum Gasteiger partial charge on any atom is 0.325 e. The second-order valence-corrected chi connectivity index (χ2v) is 6.19. The molecule has 0 radical (unpaired) electrons. The first-order chi connectivity index (χ1) is 10.5. The van der Waals surface area contributed by atoms with Gasteiger partial charge < -0.3 is 10.1 Å². The number of carbonyl (C=O) groups is 2. The first-order valence-electron chi connectivity index (χ1n) is 6.86. The van der Waals surface area contributed by atoms with Crippen LogP contribution in [0.3, 0.4) is 0 Å². The van der Waals surface area contributed by atoms with E-state index in [-0.39, 0.29) is 18.9 Å². The Kier molecular flexibility index (Phi) is 5.27. The zero-order valence-electron chi connectivity index (χ0n) is 12.8. The number of carbonyl (C=O) groups excluding carboxylic acids is 2. The van der Waals surface area contributed by atoms with Gasteiger partial charge in [0, 0.05) is 10.4 Å². The van der Waals surface area contributed by atoms with Crippen LogP contribution in [0.2, 0.25) is 0 Å². The van der Waals surface area contributed by atoms with E-state index in [0.717, 1.165) is 21.1 Å². The van der Waals surface area contributed by atoms with E-state index in [1.54, 1.807) is 0 Å². The summed E-state index contributed by atoms with van der Waals surface area (Å²) in [7, 11) is 1.29. The third kappa shape index (κ3) is 4.14. The number of ether oxygens (including phenoxy) is 1. The summed E-state index contributed by atoms with van der Waals surface area (Å²) in [6.07, 6.45) is 0.200. The lowest BCUT2D eigenvalue weighted by Crippen LogP contribution is -2.31. The van der Waals surface area contributed by atoms with Gasteiger partial charge in [0.15, 0.2) is 0 Å². The first kappa shape index (κ1) is 16.2. The lowest BCUT2D eigenvalue weighted by molar-refractivity contribution is -0.141. The Morgan fingerprint density at radius 3 is 2.55 bits per heavy atom. The summed E-state index contributed by atoms with van der Waals surface area (Å²) in [6.45, 7) is 3.82. The predicted octanol–water partition coefficient (Wildman–Crippen LogP) is 2.26. The summed E-state index contributed by atoms with van der Waals surface area (Å²) in [5, 5.41) is 3.45. The zero-order chi connectivity index (χ0) is 16.1. The molecule has 2 rings (SSSR count). The van der Waals surface area contributed by atoms with Crippen molar-refractivity contribution in [2.75, 3.05) is 13.7 Å². The molecule has 5 nitrogen and oxygen atoms in total. The topological polar surface area (TPSA) is 68.3 Å². The number of thiazole rings is 1. The van der Waals surface area contributed by atoms with Crippen molar-refractivity contribution >= 4 is 23.2 Å². The van der Waals surface area contributed by atoms with E-state index in [2.05, 4.69) is 15.0 Å². The van der Waals surface area contributed by atoms with E-state index < -0.39 is 5.97 Å². The molecule has 1 aromatic carbocycles. The number of nitrogens with one attached hydrogen (secondary N) is 1. The minimum absolute atomic E-state index is 0.118. The van der Waals surface area contributed by atoms with Crippen molar-refractivity contribution in [3.63, 3.8) is 0 Å². The quantitative estimate of drug-likeness (QED) is 0.859. The van der Waals surface area contributed by atoms with Crippen LogP contribution in [0.4, 0.5) is 0 Å². The zero-order valence-corrected chi connectivity index (χ0v) is 13.6. The molecule has 1 N–H and O–H groups in total. The van der Waals surface area contributed by atoms with Crippen LogP contribution < -0.4 is 5.32 Å². The van der Waals surface area contributed by atoms with E-state index in [4.69, 9.17) is 0 Å². The molecule has 1 heterocycles. The average Bonchev–Trinajstić information content (AvgIpc) is 2.86. The predicted molar refractivity (Wildman–Crippen MR) is 85.8 cm³/mol. The lowest BCUT2D eigenvalue weighted by atomic mass is 10.1. The summed E-state index contributed by atoms with van der Waals surface area (Å²) < 4.78 is 4.50. The van der Waals surface area contributed by atoms with Crippen molar-refractivity contribution in [3.8, 4) is 11.3 Å². The average molecular weight is 318 g/mol. The van der Waals surface area contributed by atoms with Crippen LogP contribution in [0, 0.1) is 13.8 Å². The van der Waals surface area contributed by atoms with Crippen LogP contribution in [-0.2, 0) is 20.7 Å². The van der Waals surface area contributed by atoms with Gasteiger partial charge in [-0.2, -0.15) is 0 Å². The van der Waals surface area contributed by atoms with Crippen molar-refractivity contribution in [1.29, 1.82) is 0 Å². The number of hydrogen-bond donors (Lipinski definition) is 1. The standard InChI is InChI=1S/C16H18N2O3S/c1-10-4-6-12(7-5-10)16-13(22-11(2)18-16)8-14(19)17-9-15(20)21-3/h4-7H,8-9H2,1-3H3,(H,17,19). The fourth-order valence-electron chi connectivity index (χ4n) is 1.98. The molecular formula is C16H18N2O3S. The Bertz CT molecular complexity index is 677. The lowest BCUT2D eigenvalue weighted by Gasteiger charge is -2.05. The maximum absolute atomic E-state index is 11.9. The Hall–Kier alpha value is -2.21. The number of amides is 1. The van der Waals surface area contributed by atoms with Gasteiger partial charge >= 0.3 is 5.97 Å². The van der Waals surface area contributed by atoms with E-state index in [9.17, 15) is 9.59 Å². The van der Waals surface area contributed by atoms with Crippen molar-refractivity contribution in [1.82, 2.24) is 10.3 Å². The molecule has 0 saturated carbocycles. The van der Waals surface area contributed by atoms with Gasteiger partial charge in [-0.1, -0.05) is 29.8 Å². The number of esters is 1. The summed E-state index contributed by atoms with van der Waals surface area (Å²) in [4.78, 5) is 28.4. The number of hydrogen-bond acceptors (Lipinski definition) is 5. The summed E-state index contributed by atoms with van der Waals surface area (Å²) in [6, 6.07) is 8.04. The fraction of sp³-hybridized carbons (Fsp3) is 0.312. The summed E-state index contributed by atoms with van der Waals surface area (Å²) in [5.74, 6) is -0.685. The van der Waals surface area contributed by atoms with Crippen LogP contribution in [-0.4, -0.2) is 30.5 Å². The molecule has 22 heavy (non-hydrogen) atoms. The second-order valence-electron chi connectivity index (χ2n) is 4.90. The third-order valence-corrected chi connectivity index (χ3v) is 4.08. The second kappa shape index (κ2) is 7.17. The highest BCUT2D eigenvalue weighted by Gasteiger charge is 2.15. The van der Waals surface area contributed by atoms with Crippen LogP contribution >= 0.6 is 11.3 Å². The molecule has 0 bridgehead atoms. The number of benzene rings is 1. The summed E-state index contributed by atoms with van der Waals surface area (Å²) >= 11 is 1.49. The minimum Gasteiger partial charge on any atom is -0.468 e. The molecular weight excluding hydrogens is 300 g/mol. The van der Waals surface area contributed by atoms with E-state index in [0.29, 0.717) is 0 Å². The number of rotatable bonds is 5. The molecule has 0 unspecified atom stereocenters. The number of aromatic nitrogens is 1. The van der Waals surface area contributed by atoms with Gasteiger partial charge in [0.2, 0.25) is 5.91 Å². The molecule has 0 aliphatic rings. The van der Waals surface area contributed by atoms with Crippen molar-refractivity contribution in [3.05, 3.63) is 39.7 Å². The Morgan fingerprint density at radius 2 is 1.91 bits per heavy atom. The van der Waals surface area contributed by atoms with E-state index in [1.807, 2.05) is 38.1 Å². The van der Waals surface area contributed by atoms with Gasteiger partial charge in [0.25, 0.3) is 0 Å². The number of nitrogens with zero attached hydrogens (tertiary/aromatic N) is 1. The molecule has 1 aromatic heterocycles. The highest BCUT2D eigenvalue weighted by Crippen LogP contribution is 2.28. The molecule has 6 heteroatoms. The Morgan fingerprint density at radius 1 is 1.23 bits per heavy atom. The molecule has 116 valence electrons. The molecule has 2 aromatic rings. The van der Waals surface area contributed by atoms with Crippen molar-refractivity contribution in [2.45, 2.75) is 20.3 Å². The Balaban J connectivity index is 2.13. The van der Waals surface area contributed by atoms with Crippen molar-refractivity contribution in [2.24, 2.45) is 0 Å². The van der Waals surface area contributed by atoms with E-state index >= 15 is 0 Å². The molecule has 0 fully saturated rings. The van der Waals surface area contributed by atoms with Gasteiger partial charge in [0.1, 0.15) is 6.54 Å². The van der Waals surface area contributed by atoms with Gasteiger partial charge in [0.05, 0.1) is 24.2 Å². The third-order valence-electron chi connectivity index (χ3n) is 3.11. The van der Waals surface area contributed by atoms with E-state index in [1.165, 1.54) is 24.0 Å². The molecule has 0 spiro atoms. The Labute approximate surface area is 133 Å². The largest absolute Gasteiger partial charge is 0.468 e. The van der Waals surface area contributed by atoms with Crippen LogP contribution in [0.15, 0.2) is 24.3 Å². The van der Waals surface area contributed by atoms with Crippen LogP contribution in [0.5, 0.6) is 0 Å². The fourth-order valence-corrected chi connectivity index (χ4v) is 2.93. The van der Waals surface area contributed by atoms with Crippen LogP contribution in [0.25, 0.3) is 11.3 Å². The van der Waals surface area contributed by atoms with Crippen LogP contribution in [0.1, 0.15) is 15.4 Å².